The third-order valence-corrected chi connectivity index (χ3v) is 3.34. The van der Waals surface area contributed by atoms with E-state index in [9.17, 15) is 0 Å². The molecule has 0 saturated carbocycles. The Labute approximate surface area is 79.6 Å². The second-order valence-corrected chi connectivity index (χ2v) is 4.93. The van der Waals surface area contributed by atoms with Crippen LogP contribution in [0.4, 0.5) is 0 Å². The molecule has 3 heteroatoms. The van der Waals surface area contributed by atoms with E-state index in [2.05, 4.69) is 13.8 Å². The van der Waals surface area contributed by atoms with E-state index in [1.54, 1.807) is 0 Å². The van der Waals surface area contributed by atoms with Gasteiger partial charge in [0, 0.05) is 18.6 Å². The molecule has 0 aromatic heterocycles. The molecule has 3 nitrogen and oxygen atoms in total. The van der Waals surface area contributed by atoms with Crippen molar-refractivity contribution in [2.75, 3.05) is 19.8 Å². The molecule has 0 amide bonds. The van der Waals surface area contributed by atoms with Crippen LogP contribution in [0.2, 0.25) is 0 Å². The highest BCUT2D eigenvalue weighted by atomic mass is 16.5. The van der Waals surface area contributed by atoms with Gasteiger partial charge in [-0.2, -0.15) is 0 Å². The van der Waals surface area contributed by atoms with Crippen molar-refractivity contribution < 1.29 is 9.47 Å². The van der Waals surface area contributed by atoms with Gasteiger partial charge in [0.1, 0.15) is 0 Å². The van der Waals surface area contributed by atoms with Gasteiger partial charge in [-0.3, -0.25) is 0 Å². The Morgan fingerprint density at radius 1 is 1.46 bits per heavy atom. The number of ether oxygens (including phenoxy) is 2. The quantitative estimate of drug-likeness (QED) is 0.660. The van der Waals surface area contributed by atoms with Crippen LogP contribution in [0.25, 0.3) is 0 Å². The lowest BCUT2D eigenvalue weighted by atomic mass is 9.76. The molecular formula is C10H19NO2. The summed E-state index contributed by atoms with van der Waals surface area (Å²) in [4.78, 5) is 0. The third kappa shape index (κ3) is 1.49. The van der Waals surface area contributed by atoms with Gasteiger partial charge in [-0.1, -0.05) is 0 Å². The lowest BCUT2D eigenvalue weighted by Gasteiger charge is -2.27. The van der Waals surface area contributed by atoms with Gasteiger partial charge in [0.2, 0.25) is 0 Å². The number of nitrogens with two attached hydrogens (primary N) is 1. The molecule has 2 heterocycles. The highest BCUT2D eigenvalue weighted by molar-refractivity contribution is 5.00. The van der Waals surface area contributed by atoms with Crippen LogP contribution in [0.1, 0.15) is 26.7 Å². The standard InChI is InChI=1S/C10H19NO2/c1-9(2)6-10(7-13-9)3-4-12-8(10)5-11/h8H,3-7,11H2,1-2H3. The van der Waals surface area contributed by atoms with Crippen LogP contribution in [0.3, 0.4) is 0 Å². The first-order valence-electron chi connectivity index (χ1n) is 5.04. The first-order valence-corrected chi connectivity index (χ1v) is 5.04. The monoisotopic (exact) mass is 185 g/mol. The van der Waals surface area contributed by atoms with E-state index < -0.39 is 0 Å². The number of rotatable bonds is 1. The van der Waals surface area contributed by atoms with Crippen LogP contribution in [0, 0.1) is 5.41 Å². The van der Waals surface area contributed by atoms with E-state index >= 15 is 0 Å². The van der Waals surface area contributed by atoms with Gasteiger partial charge in [-0.15, -0.1) is 0 Å². The minimum absolute atomic E-state index is 0.0150. The maximum atomic E-state index is 5.77. The van der Waals surface area contributed by atoms with E-state index in [0.717, 1.165) is 26.1 Å². The van der Waals surface area contributed by atoms with Crippen molar-refractivity contribution in [1.82, 2.24) is 0 Å². The second-order valence-electron chi connectivity index (χ2n) is 4.93. The Kier molecular flexibility index (Phi) is 2.13. The summed E-state index contributed by atoms with van der Waals surface area (Å²) in [6, 6.07) is 0. The molecule has 76 valence electrons. The van der Waals surface area contributed by atoms with Crippen molar-refractivity contribution in [1.29, 1.82) is 0 Å². The van der Waals surface area contributed by atoms with Crippen LogP contribution in [-0.2, 0) is 9.47 Å². The number of hydrogen-bond donors (Lipinski definition) is 1. The molecule has 0 aromatic rings. The molecule has 0 bridgehead atoms. The SMILES string of the molecule is CC1(C)CC2(CCOC2CN)CO1. The minimum Gasteiger partial charge on any atom is -0.376 e. The zero-order chi connectivity index (χ0) is 9.53. The van der Waals surface area contributed by atoms with Crippen LogP contribution in [0.5, 0.6) is 0 Å². The molecule has 2 N–H and O–H groups in total. The van der Waals surface area contributed by atoms with Crippen molar-refractivity contribution in [3.8, 4) is 0 Å². The summed E-state index contributed by atoms with van der Waals surface area (Å²) in [7, 11) is 0. The molecule has 2 atom stereocenters. The Bertz CT molecular complexity index is 205. The van der Waals surface area contributed by atoms with Crippen LogP contribution in [0.15, 0.2) is 0 Å². The minimum atomic E-state index is 0.0150. The molecule has 2 rings (SSSR count). The first kappa shape index (κ1) is 9.44. The average molecular weight is 185 g/mol. The molecule has 2 fully saturated rings. The first-order chi connectivity index (χ1) is 6.08. The summed E-state index contributed by atoms with van der Waals surface area (Å²) in [6.07, 6.45) is 2.41. The predicted molar refractivity (Wildman–Crippen MR) is 50.5 cm³/mol. The Hall–Kier alpha value is -0.120. The summed E-state index contributed by atoms with van der Waals surface area (Å²) in [5, 5.41) is 0. The van der Waals surface area contributed by atoms with Gasteiger partial charge in [0.05, 0.1) is 18.3 Å². The van der Waals surface area contributed by atoms with E-state index in [1.165, 1.54) is 0 Å². The fourth-order valence-electron chi connectivity index (χ4n) is 2.72. The smallest absolute Gasteiger partial charge is 0.0777 e. The van der Waals surface area contributed by atoms with Gasteiger partial charge >= 0.3 is 0 Å². The summed E-state index contributed by atoms with van der Waals surface area (Å²) < 4.78 is 11.4. The molecule has 13 heavy (non-hydrogen) atoms. The normalized spacial score (nSPS) is 43.2. The summed E-state index contributed by atoms with van der Waals surface area (Å²) in [5.74, 6) is 0. The average Bonchev–Trinajstić information content (AvgIpc) is 2.57. The van der Waals surface area contributed by atoms with E-state index in [0.29, 0.717) is 6.54 Å². The Balaban J connectivity index is 2.13. The molecule has 0 aromatic carbocycles. The second kappa shape index (κ2) is 2.94. The van der Waals surface area contributed by atoms with Crippen molar-refractivity contribution >= 4 is 0 Å². The van der Waals surface area contributed by atoms with Crippen LogP contribution < -0.4 is 5.73 Å². The van der Waals surface area contributed by atoms with Gasteiger partial charge < -0.3 is 15.2 Å². The predicted octanol–water partition coefficient (Wildman–Crippen LogP) is 0.919. The van der Waals surface area contributed by atoms with Crippen molar-refractivity contribution in [3.05, 3.63) is 0 Å². The van der Waals surface area contributed by atoms with Crippen molar-refractivity contribution in [2.45, 2.75) is 38.4 Å². The fourth-order valence-corrected chi connectivity index (χ4v) is 2.72. The zero-order valence-electron chi connectivity index (χ0n) is 8.51. The van der Waals surface area contributed by atoms with Crippen LogP contribution >= 0.6 is 0 Å². The van der Waals surface area contributed by atoms with Crippen LogP contribution in [-0.4, -0.2) is 31.5 Å². The van der Waals surface area contributed by atoms with Crippen molar-refractivity contribution in [2.24, 2.45) is 11.1 Å². The maximum Gasteiger partial charge on any atom is 0.0777 e. The van der Waals surface area contributed by atoms with Gasteiger partial charge in [0.25, 0.3) is 0 Å². The molecule has 2 unspecified atom stereocenters. The Morgan fingerprint density at radius 2 is 2.23 bits per heavy atom. The Morgan fingerprint density at radius 3 is 2.77 bits per heavy atom. The van der Waals surface area contributed by atoms with Gasteiger partial charge in [-0.05, 0) is 26.7 Å². The summed E-state index contributed by atoms with van der Waals surface area (Å²) >= 11 is 0. The maximum absolute atomic E-state index is 5.77. The van der Waals surface area contributed by atoms with Gasteiger partial charge in [-0.25, -0.2) is 0 Å². The fraction of sp³-hybridized carbons (Fsp3) is 1.00. The molecule has 2 saturated heterocycles. The largest absolute Gasteiger partial charge is 0.376 e. The highest BCUT2D eigenvalue weighted by Crippen LogP contribution is 2.47. The summed E-state index contributed by atoms with van der Waals surface area (Å²) in [5.41, 5.74) is 5.93. The van der Waals surface area contributed by atoms with E-state index in [-0.39, 0.29) is 17.1 Å². The lowest BCUT2D eigenvalue weighted by molar-refractivity contribution is 0.0197. The van der Waals surface area contributed by atoms with Crippen molar-refractivity contribution in [3.63, 3.8) is 0 Å². The molecule has 2 aliphatic heterocycles. The topological polar surface area (TPSA) is 44.5 Å². The lowest BCUT2D eigenvalue weighted by Crippen LogP contribution is -2.38. The molecule has 0 radical (unpaired) electrons. The summed E-state index contributed by atoms with van der Waals surface area (Å²) in [6.45, 7) is 6.59. The third-order valence-electron chi connectivity index (χ3n) is 3.34. The molecular weight excluding hydrogens is 166 g/mol. The molecule has 1 spiro atoms. The zero-order valence-corrected chi connectivity index (χ0v) is 8.51. The highest BCUT2D eigenvalue weighted by Gasteiger charge is 2.51. The van der Waals surface area contributed by atoms with E-state index in [4.69, 9.17) is 15.2 Å². The van der Waals surface area contributed by atoms with E-state index in [1.807, 2.05) is 0 Å². The molecule has 2 aliphatic rings. The number of hydrogen-bond acceptors (Lipinski definition) is 3. The van der Waals surface area contributed by atoms with Gasteiger partial charge in [0.15, 0.2) is 0 Å². The molecule has 0 aliphatic carbocycles.